The van der Waals surface area contributed by atoms with Crippen molar-refractivity contribution in [2.45, 2.75) is 24.8 Å². The lowest BCUT2D eigenvalue weighted by atomic mass is 10.2. The zero-order valence-corrected chi connectivity index (χ0v) is 20.0. The minimum atomic E-state index is -2.31. The van der Waals surface area contributed by atoms with Gasteiger partial charge in [0.05, 0.1) is 11.8 Å². The van der Waals surface area contributed by atoms with Crippen molar-refractivity contribution in [3.63, 3.8) is 0 Å². The first kappa shape index (κ1) is 23.8. The Hall–Kier alpha value is -2.88. The minimum absolute atomic E-state index is 0.116. The van der Waals surface area contributed by atoms with E-state index in [1.165, 1.54) is 11.3 Å². The van der Waals surface area contributed by atoms with Crippen molar-refractivity contribution in [2.75, 3.05) is 25.3 Å². The first-order valence-electron chi connectivity index (χ1n) is 9.78. The van der Waals surface area contributed by atoms with E-state index < -0.39 is 9.52 Å². The molecule has 0 aliphatic heterocycles. The van der Waals surface area contributed by atoms with E-state index in [0.717, 1.165) is 5.69 Å². The third-order valence-electron chi connectivity index (χ3n) is 4.43. The Labute approximate surface area is 192 Å². The van der Waals surface area contributed by atoms with E-state index in [1.54, 1.807) is 55.8 Å². The average Bonchev–Trinajstić information content (AvgIpc) is 3.16. The summed E-state index contributed by atoms with van der Waals surface area (Å²) in [4.78, 5) is 17.7. The van der Waals surface area contributed by atoms with Crippen molar-refractivity contribution in [1.82, 2.24) is 4.98 Å². The normalized spacial score (nSPS) is 13.8. The number of hydrogen-bond donors (Lipinski definition) is 1. The van der Waals surface area contributed by atoms with Crippen LogP contribution in [0.1, 0.15) is 23.0 Å². The molecule has 1 N–H and O–H groups in total. The van der Waals surface area contributed by atoms with Gasteiger partial charge in [-0.3, -0.25) is 14.3 Å². The zero-order valence-electron chi connectivity index (χ0n) is 18.4. The summed E-state index contributed by atoms with van der Waals surface area (Å²) in [6.45, 7) is 4.06. The molecule has 0 aliphatic carbocycles. The number of amides is 1. The second kappa shape index (κ2) is 10.2. The first-order chi connectivity index (χ1) is 15.1. The molecule has 3 rings (SSSR count). The van der Waals surface area contributed by atoms with Gasteiger partial charge in [-0.05, 0) is 65.6 Å². The van der Waals surface area contributed by atoms with E-state index in [-0.39, 0.29) is 12.0 Å². The number of rotatable bonds is 9. The maximum absolute atomic E-state index is 12.8. The van der Waals surface area contributed by atoms with Crippen molar-refractivity contribution < 1.29 is 23.2 Å². The van der Waals surface area contributed by atoms with Gasteiger partial charge in [0, 0.05) is 35.3 Å². The Morgan fingerprint density at radius 2 is 1.88 bits per heavy atom. The molecule has 0 aliphatic rings. The number of nitrogens with zero attached hydrogens (tertiary/aromatic N) is 1. The van der Waals surface area contributed by atoms with Crippen LogP contribution in [0.4, 0.5) is 5.13 Å². The standard InChI is InChI=1S/C23H26N2O5S2/c1-15-14-31-23(24-15)25-22(26)17-10-19(29-13-16(2)28-3)12-20(11-17)30-18-6-8-21(9-7-18)32(4,5)27/h6-12,14,16H,4,13H2,1-3,5H3,(H,24,25,26). The third-order valence-corrected chi connectivity index (χ3v) is 6.57. The van der Waals surface area contributed by atoms with E-state index >= 15 is 0 Å². The number of methoxy groups -OCH3 is 1. The van der Waals surface area contributed by atoms with Crippen LogP contribution in [0.3, 0.4) is 0 Å². The molecular formula is C23H26N2O5S2. The van der Waals surface area contributed by atoms with Crippen LogP contribution in [0, 0.1) is 6.92 Å². The fraction of sp³-hybridized carbons (Fsp3) is 0.261. The number of carbonyl (C=O) groups is 1. The van der Waals surface area contributed by atoms with Gasteiger partial charge >= 0.3 is 0 Å². The highest BCUT2D eigenvalue weighted by Gasteiger charge is 2.14. The van der Waals surface area contributed by atoms with E-state index in [0.29, 0.717) is 39.4 Å². The van der Waals surface area contributed by atoms with E-state index in [2.05, 4.69) is 16.2 Å². The fourth-order valence-corrected chi connectivity index (χ4v) is 4.03. The number of hydrogen-bond acceptors (Lipinski definition) is 7. The maximum atomic E-state index is 12.8. The molecule has 0 saturated heterocycles. The second-order valence-corrected chi connectivity index (χ2v) is 10.7. The van der Waals surface area contributed by atoms with E-state index in [4.69, 9.17) is 14.2 Å². The van der Waals surface area contributed by atoms with Crippen LogP contribution in [-0.4, -0.2) is 47.0 Å². The van der Waals surface area contributed by atoms with Crippen LogP contribution in [0.5, 0.6) is 17.2 Å². The number of aromatic nitrogens is 1. The van der Waals surface area contributed by atoms with Crippen molar-refractivity contribution >= 4 is 37.8 Å². The Kier molecular flexibility index (Phi) is 7.55. The molecule has 3 aromatic rings. The van der Waals surface area contributed by atoms with Crippen molar-refractivity contribution in [2.24, 2.45) is 0 Å². The Bertz CT molecular complexity index is 1190. The van der Waals surface area contributed by atoms with Gasteiger partial charge in [-0.1, -0.05) is 0 Å². The molecule has 0 fully saturated rings. The molecular weight excluding hydrogens is 448 g/mol. The molecule has 9 heteroatoms. The average molecular weight is 475 g/mol. The minimum Gasteiger partial charge on any atom is -0.491 e. The summed E-state index contributed by atoms with van der Waals surface area (Å²) in [5.41, 5.74) is 1.20. The zero-order chi connectivity index (χ0) is 23.3. The lowest BCUT2D eigenvalue weighted by molar-refractivity contribution is 0.0715. The largest absolute Gasteiger partial charge is 0.491 e. The highest BCUT2D eigenvalue weighted by atomic mass is 32.2. The molecule has 0 bridgehead atoms. The number of ether oxygens (including phenoxy) is 3. The van der Waals surface area contributed by atoms with Crippen molar-refractivity contribution in [1.29, 1.82) is 0 Å². The molecule has 7 nitrogen and oxygen atoms in total. The van der Waals surface area contributed by atoms with Crippen LogP contribution < -0.4 is 14.8 Å². The van der Waals surface area contributed by atoms with Gasteiger partial charge in [0.25, 0.3) is 5.91 Å². The van der Waals surface area contributed by atoms with Crippen LogP contribution in [0.25, 0.3) is 0 Å². The van der Waals surface area contributed by atoms with Gasteiger partial charge in [0.1, 0.15) is 23.9 Å². The highest BCUT2D eigenvalue weighted by molar-refractivity contribution is 7.99. The number of benzene rings is 2. The summed E-state index contributed by atoms with van der Waals surface area (Å²) in [5.74, 6) is 4.78. The number of thiazole rings is 1. The molecule has 2 aromatic carbocycles. The van der Waals surface area contributed by atoms with Crippen molar-refractivity contribution in [3.8, 4) is 17.2 Å². The molecule has 1 heterocycles. The fourth-order valence-electron chi connectivity index (χ4n) is 2.64. The molecule has 1 amide bonds. The Balaban J connectivity index is 1.86. The van der Waals surface area contributed by atoms with Gasteiger partial charge in [0.2, 0.25) is 0 Å². The molecule has 170 valence electrons. The van der Waals surface area contributed by atoms with Crippen LogP contribution in [-0.2, 0) is 14.3 Å². The Morgan fingerprint density at radius 3 is 2.47 bits per heavy atom. The maximum Gasteiger partial charge on any atom is 0.257 e. The summed E-state index contributed by atoms with van der Waals surface area (Å²) < 4.78 is 29.1. The number of anilines is 1. The van der Waals surface area contributed by atoms with Crippen LogP contribution >= 0.6 is 11.3 Å². The summed E-state index contributed by atoms with van der Waals surface area (Å²) in [6.07, 6.45) is 1.47. The van der Waals surface area contributed by atoms with Gasteiger partial charge in [0.15, 0.2) is 5.13 Å². The predicted octanol–water partition coefficient (Wildman–Crippen LogP) is 4.61. The molecule has 0 radical (unpaired) electrons. The highest BCUT2D eigenvalue weighted by Crippen LogP contribution is 2.29. The molecule has 0 saturated carbocycles. The molecule has 1 aromatic heterocycles. The topological polar surface area (TPSA) is 86.8 Å². The SMILES string of the molecule is C=S(C)(=O)c1ccc(Oc2cc(OCC(C)OC)cc(C(=O)Nc3nc(C)cs3)c2)cc1. The molecule has 2 atom stereocenters. The summed E-state index contributed by atoms with van der Waals surface area (Å²) >= 11 is 1.35. The number of aryl methyl sites for hydroxylation is 1. The summed E-state index contributed by atoms with van der Waals surface area (Å²) in [7, 11) is -0.705. The van der Waals surface area contributed by atoms with E-state index in [1.807, 2.05) is 19.2 Å². The third kappa shape index (κ3) is 6.56. The lowest BCUT2D eigenvalue weighted by Gasteiger charge is -2.14. The molecule has 0 spiro atoms. The number of nitrogens with one attached hydrogen (secondary N) is 1. The van der Waals surface area contributed by atoms with E-state index in [9.17, 15) is 9.00 Å². The van der Waals surface area contributed by atoms with Gasteiger partial charge in [-0.15, -0.1) is 11.3 Å². The smallest absolute Gasteiger partial charge is 0.257 e. The quantitative estimate of drug-likeness (QED) is 0.456. The van der Waals surface area contributed by atoms with Crippen molar-refractivity contribution in [3.05, 3.63) is 59.1 Å². The summed E-state index contributed by atoms with van der Waals surface area (Å²) in [6, 6.07) is 11.8. The lowest BCUT2D eigenvalue weighted by Crippen LogP contribution is -2.16. The van der Waals surface area contributed by atoms with Crippen LogP contribution in [0.15, 0.2) is 52.7 Å². The Morgan fingerprint density at radius 1 is 1.19 bits per heavy atom. The van der Waals surface area contributed by atoms with Gasteiger partial charge in [-0.25, -0.2) is 4.98 Å². The van der Waals surface area contributed by atoms with Gasteiger partial charge in [-0.2, -0.15) is 0 Å². The molecule has 32 heavy (non-hydrogen) atoms. The van der Waals surface area contributed by atoms with Gasteiger partial charge < -0.3 is 14.2 Å². The second-order valence-electron chi connectivity index (χ2n) is 7.38. The molecule has 2 unspecified atom stereocenters. The number of carbonyl (C=O) groups excluding carboxylic acids is 1. The summed E-state index contributed by atoms with van der Waals surface area (Å²) in [5, 5.41) is 5.17. The predicted molar refractivity (Wildman–Crippen MR) is 129 cm³/mol. The monoisotopic (exact) mass is 474 g/mol. The first-order valence-corrected chi connectivity index (χ1v) is 12.8. The van der Waals surface area contributed by atoms with Crippen LogP contribution in [0.2, 0.25) is 0 Å².